The van der Waals surface area contributed by atoms with Crippen LogP contribution in [0, 0.1) is 0 Å². The van der Waals surface area contributed by atoms with E-state index in [1.807, 2.05) is 42.8 Å². The molecule has 218 valence electrons. The van der Waals surface area contributed by atoms with E-state index < -0.39 is 10.0 Å². The minimum Gasteiger partial charge on any atom is -0.314 e. The van der Waals surface area contributed by atoms with E-state index in [-0.39, 0.29) is 22.8 Å². The minimum absolute atomic E-state index is 0.111. The van der Waals surface area contributed by atoms with Crippen molar-refractivity contribution in [2.24, 2.45) is 7.05 Å². The number of hydrogen-bond acceptors (Lipinski definition) is 5. The molecule has 0 aliphatic carbocycles. The topological polar surface area (TPSA) is 81.7 Å². The maximum Gasteiger partial charge on any atom is 0.265 e. The molecule has 0 N–H and O–H groups in total. The van der Waals surface area contributed by atoms with E-state index in [9.17, 15) is 8.42 Å². The van der Waals surface area contributed by atoms with Gasteiger partial charge in [0.05, 0.1) is 24.2 Å². The smallest absolute Gasteiger partial charge is 0.265 e. The molecule has 0 aliphatic rings. The molecule has 0 radical (unpaired) electrons. The van der Waals surface area contributed by atoms with E-state index in [0.29, 0.717) is 6.61 Å². The van der Waals surface area contributed by atoms with E-state index in [4.69, 9.17) is 4.84 Å². The van der Waals surface area contributed by atoms with Crippen LogP contribution in [0.15, 0.2) is 41.4 Å². The maximum absolute atomic E-state index is 14.0. The third kappa shape index (κ3) is 8.14. The summed E-state index contributed by atoms with van der Waals surface area (Å²) in [5, 5.41) is 8.82. The van der Waals surface area contributed by atoms with Crippen molar-refractivity contribution in [2.75, 3.05) is 13.2 Å². The lowest BCUT2D eigenvalue weighted by Crippen LogP contribution is -2.35. The Balaban J connectivity index is 1.82. The number of hydrogen-bond donors (Lipinski definition) is 0. The van der Waals surface area contributed by atoms with E-state index in [0.717, 1.165) is 55.6 Å². The van der Waals surface area contributed by atoms with Crippen molar-refractivity contribution in [1.82, 2.24) is 23.9 Å². The van der Waals surface area contributed by atoms with E-state index in [1.165, 1.54) is 30.2 Å². The van der Waals surface area contributed by atoms with Crippen LogP contribution in [-0.2, 0) is 27.3 Å². The lowest BCUT2D eigenvalue weighted by atomic mass is 9.80. The predicted octanol–water partition coefficient (Wildman–Crippen LogP) is 7.01. The van der Waals surface area contributed by atoms with Crippen molar-refractivity contribution in [3.63, 3.8) is 0 Å². The standard InChI is InChI=1S/C30H49N5O3S/c1-7-9-11-12-13-15-22-38-34(24-25(3)29-32-35-28(33(29)6)19-21-31-35)39(36,37)27-18-16-17-26(23-27)30(4,5)20-14-10-8-2/h16-19,21,23,25H,7-15,20,22,24H2,1-6H3. The fourth-order valence-corrected chi connectivity index (χ4v) is 6.45. The predicted molar refractivity (Wildman–Crippen MR) is 157 cm³/mol. The number of benzene rings is 1. The summed E-state index contributed by atoms with van der Waals surface area (Å²) >= 11 is 0. The highest BCUT2D eigenvalue weighted by Crippen LogP contribution is 2.32. The van der Waals surface area contributed by atoms with Gasteiger partial charge < -0.3 is 4.57 Å². The first kappa shape index (κ1) is 31.3. The van der Waals surface area contributed by atoms with Gasteiger partial charge in [-0.25, -0.2) is 8.42 Å². The number of aryl methyl sites for hydroxylation is 1. The number of unbranched alkanes of at least 4 members (excludes halogenated alkanes) is 7. The third-order valence-electron chi connectivity index (χ3n) is 7.67. The van der Waals surface area contributed by atoms with Crippen LogP contribution in [0.25, 0.3) is 5.65 Å². The van der Waals surface area contributed by atoms with Crippen LogP contribution in [0.5, 0.6) is 0 Å². The van der Waals surface area contributed by atoms with Crippen molar-refractivity contribution >= 4 is 15.7 Å². The molecule has 0 fully saturated rings. The molecule has 0 spiro atoms. The van der Waals surface area contributed by atoms with Crippen molar-refractivity contribution < 1.29 is 13.3 Å². The number of aromatic nitrogens is 4. The summed E-state index contributed by atoms with van der Waals surface area (Å²) < 4.78 is 32.7. The molecule has 3 aromatic rings. The minimum atomic E-state index is -3.89. The molecular weight excluding hydrogens is 510 g/mol. The molecule has 0 aliphatic heterocycles. The third-order valence-corrected chi connectivity index (χ3v) is 9.31. The Bertz CT molecular complexity index is 1260. The maximum atomic E-state index is 14.0. The van der Waals surface area contributed by atoms with Crippen LogP contribution in [-0.4, -0.2) is 45.4 Å². The fraction of sp³-hybridized carbons (Fsp3) is 0.667. The molecule has 39 heavy (non-hydrogen) atoms. The van der Waals surface area contributed by atoms with Crippen LogP contribution < -0.4 is 0 Å². The van der Waals surface area contributed by atoms with Gasteiger partial charge in [-0.3, -0.25) is 4.84 Å². The van der Waals surface area contributed by atoms with Crippen LogP contribution in [0.1, 0.15) is 116 Å². The quantitative estimate of drug-likeness (QED) is 0.124. The molecule has 0 amide bonds. The molecule has 1 unspecified atom stereocenters. The van der Waals surface area contributed by atoms with Crippen LogP contribution in [0.2, 0.25) is 0 Å². The molecule has 2 aromatic heterocycles. The van der Waals surface area contributed by atoms with Crippen LogP contribution in [0.4, 0.5) is 0 Å². The molecule has 1 atom stereocenters. The first-order valence-corrected chi connectivity index (χ1v) is 16.2. The van der Waals surface area contributed by atoms with Gasteiger partial charge in [0.1, 0.15) is 5.82 Å². The number of sulfonamides is 1. The van der Waals surface area contributed by atoms with Crippen molar-refractivity contribution in [3.8, 4) is 0 Å². The second-order valence-corrected chi connectivity index (χ2v) is 13.3. The van der Waals surface area contributed by atoms with Gasteiger partial charge in [0.15, 0.2) is 5.65 Å². The molecule has 2 heterocycles. The summed E-state index contributed by atoms with van der Waals surface area (Å²) in [6.07, 6.45) is 12.8. The Morgan fingerprint density at radius 2 is 1.69 bits per heavy atom. The lowest BCUT2D eigenvalue weighted by molar-refractivity contribution is -0.0887. The molecule has 3 rings (SSSR count). The first-order valence-electron chi connectivity index (χ1n) is 14.7. The zero-order valence-corrected chi connectivity index (χ0v) is 25.7. The molecule has 9 heteroatoms. The molecular formula is C30H49N5O3S. The van der Waals surface area contributed by atoms with E-state index in [2.05, 4.69) is 37.9 Å². The van der Waals surface area contributed by atoms with Gasteiger partial charge in [-0.05, 0) is 36.0 Å². The van der Waals surface area contributed by atoms with E-state index >= 15 is 0 Å². The zero-order valence-electron chi connectivity index (χ0n) is 24.9. The summed E-state index contributed by atoms with van der Waals surface area (Å²) in [7, 11) is -1.96. The molecule has 0 saturated carbocycles. The normalized spacial score (nSPS) is 13.5. The summed E-state index contributed by atoms with van der Waals surface area (Å²) in [6.45, 7) is 11.3. The second-order valence-electron chi connectivity index (χ2n) is 11.5. The molecule has 0 bridgehead atoms. The van der Waals surface area contributed by atoms with Gasteiger partial charge in [-0.15, -0.1) is 9.73 Å². The summed E-state index contributed by atoms with van der Waals surface area (Å²) in [5.41, 5.74) is 1.78. The van der Waals surface area contributed by atoms with Crippen molar-refractivity contribution in [3.05, 3.63) is 47.9 Å². The highest BCUT2D eigenvalue weighted by atomic mass is 32.2. The Morgan fingerprint density at radius 3 is 2.41 bits per heavy atom. The summed E-state index contributed by atoms with van der Waals surface area (Å²) in [4.78, 5) is 6.32. The monoisotopic (exact) mass is 559 g/mol. The fourth-order valence-electron chi connectivity index (χ4n) is 5.05. The molecule has 0 saturated heterocycles. The Hall–Kier alpha value is -2.23. The van der Waals surface area contributed by atoms with Gasteiger partial charge in [-0.1, -0.05) is 103 Å². The highest BCUT2D eigenvalue weighted by Gasteiger charge is 2.31. The molecule has 8 nitrogen and oxygen atoms in total. The lowest BCUT2D eigenvalue weighted by Gasteiger charge is -2.27. The first-order chi connectivity index (χ1) is 18.6. The summed E-state index contributed by atoms with van der Waals surface area (Å²) in [6, 6.07) is 9.30. The Labute approximate surface area is 235 Å². The van der Waals surface area contributed by atoms with Crippen molar-refractivity contribution in [2.45, 2.75) is 115 Å². The zero-order chi connectivity index (χ0) is 28.5. The van der Waals surface area contributed by atoms with Gasteiger partial charge in [0, 0.05) is 19.0 Å². The number of rotatable bonds is 18. The largest absolute Gasteiger partial charge is 0.314 e. The van der Waals surface area contributed by atoms with Gasteiger partial charge in [0.2, 0.25) is 0 Å². The average Bonchev–Trinajstić information content (AvgIpc) is 3.50. The van der Waals surface area contributed by atoms with Gasteiger partial charge in [0.25, 0.3) is 10.0 Å². The molecule has 1 aromatic carbocycles. The number of hydroxylamine groups is 1. The average molecular weight is 560 g/mol. The van der Waals surface area contributed by atoms with Crippen LogP contribution >= 0.6 is 0 Å². The Kier molecular flexibility index (Phi) is 11.6. The SMILES string of the molecule is CCCCCCCCON(CC(C)c1nn2nccc2n1C)S(=O)(=O)c1cccc(C(C)(C)CCCCC)c1. The van der Waals surface area contributed by atoms with Crippen LogP contribution in [0.3, 0.4) is 0 Å². The summed E-state index contributed by atoms with van der Waals surface area (Å²) in [5.74, 6) is 0.553. The van der Waals surface area contributed by atoms with Crippen molar-refractivity contribution in [1.29, 1.82) is 0 Å². The highest BCUT2D eigenvalue weighted by molar-refractivity contribution is 7.89. The number of nitrogens with zero attached hydrogens (tertiary/aromatic N) is 5. The Morgan fingerprint density at radius 1 is 1.00 bits per heavy atom. The van der Waals surface area contributed by atoms with Gasteiger partial charge in [-0.2, -0.15) is 5.10 Å². The number of fused-ring (bicyclic) bond motifs is 1. The second kappa shape index (κ2) is 14.4. The van der Waals surface area contributed by atoms with Gasteiger partial charge >= 0.3 is 0 Å². The van der Waals surface area contributed by atoms with E-state index in [1.54, 1.807) is 16.9 Å².